The molecule has 0 saturated heterocycles. The average molecular weight is 369 g/mol. The fourth-order valence-electron chi connectivity index (χ4n) is 1.86. The number of nitrogens with zero attached hydrogens (tertiary/aromatic N) is 1. The van der Waals surface area contributed by atoms with Crippen LogP contribution in [0.2, 0.25) is 0 Å². The molecule has 7 heteroatoms. The standard InChI is InChI=1S/C14H10BrFN2O2S/c15-10-5-8(1-3-11(10)16)7-21(19)14-18-12-4-2-9(17)6-13(12)20-14/h1-6H,7,17H2. The molecule has 0 bridgehead atoms. The monoisotopic (exact) mass is 368 g/mol. The molecule has 0 radical (unpaired) electrons. The Hall–Kier alpha value is -1.73. The molecule has 2 N–H and O–H groups in total. The minimum absolute atomic E-state index is 0.135. The first kappa shape index (κ1) is 14.2. The van der Waals surface area contributed by atoms with Gasteiger partial charge in [0.15, 0.2) is 5.58 Å². The second-order valence-electron chi connectivity index (χ2n) is 4.45. The number of nitrogen functional groups attached to an aromatic ring is 1. The van der Waals surface area contributed by atoms with Crippen LogP contribution >= 0.6 is 15.9 Å². The molecule has 0 amide bonds. The molecule has 0 aliphatic heterocycles. The van der Waals surface area contributed by atoms with Crippen molar-refractivity contribution in [3.05, 3.63) is 52.3 Å². The normalized spacial score (nSPS) is 12.7. The van der Waals surface area contributed by atoms with Crippen molar-refractivity contribution >= 4 is 43.5 Å². The highest BCUT2D eigenvalue weighted by Crippen LogP contribution is 2.23. The van der Waals surface area contributed by atoms with Gasteiger partial charge in [-0.25, -0.2) is 13.6 Å². The molecule has 0 aliphatic rings. The molecular weight excluding hydrogens is 359 g/mol. The van der Waals surface area contributed by atoms with E-state index in [0.29, 0.717) is 21.3 Å². The quantitative estimate of drug-likeness (QED) is 0.716. The van der Waals surface area contributed by atoms with Gasteiger partial charge in [-0.3, -0.25) is 0 Å². The van der Waals surface area contributed by atoms with Gasteiger partial charge in [0, 0.05) is 11.8 Å². The Kier molecular flexibility index (Phi) is 3.77. The zero-order valence-corrected chi connectivity index (χ0v) is 13.1. The molecule has 1 atom stereocenters. The number of aromatic nitrogens is 1. The van der Waals surface area contributed by atoms with E-state index in [2.05, 4.69) is 20.9 Å². The van der Waals surface area contributed by atoms with Crippen molar-refractivity contribution in [2.24, 2.45) is 0 Å². The highest BCUT2D eigenvalue weighted by Gasteiger charge is 2.14. The smallest absolute Gasteiger partial charge is 0.288 e. The number of benzene rings is 2. The summed E-state index contributed by atoms with van der Waals surface area (Å²) in [4.78, 5) is 4.18. The minimum atomic E-state index is -1.45. The maximum atomic E-state index is 13.2. The van der Waals surface area contributed by atoms with Crippen molar-refractivity contribution < 1.29 is 13.0 Å². The highest BCUT2D eigenvalue weighted by molar-refractivity contribution is 9.10. The second kappa shape index (κ2) is 5.57. The van der Waals surface area contributed by atoms with Crippen LogP contribution in [-0.4, -0.2) is 9.19 Å². The number of anilines is 1. The number of oxazole rings is 1. The van der Waals surface area contributed by atoms with Crippen LogP contribution in [-0.2, 0) is 16.6 Å². The van der Waals surface area contributed by atoms with E-state index < -0.39 is 10.8 Å². The zero-order valence-electron chi connectivity index (χ0n) is 10.7. The van der Waals surface area contributed by atoms with Crippen LogP contribution in [0.1, 0.15) is 5.56 Å². The minimum Gasteiger partial charge on any atom is -0.430 e. The summed E-state index contributed by atoms with van der Waals surface area (Å²) < 4.78 is 31.2. The SMILES string of the molecule is Nc1ccc2nc(S(=O)Cc3ccc(F)c(Br)c3)oc2c1. The Balaban J connectivity index is 1.87. The lowest BCUT2D eigenvalue weighted by atomic mass is 10.2. The first-order valence-electron chi connectivity index (χ1n) is 6.01. The molecule has 0 fully saturated rings. The third-order valence-electron chi connectivity index (χ3n) is 2.87. The number of hydrogen-bond donors (Lipinski definition) is 1. The summed E-state index contributed by atoms with van der Waals surface area (Å²) in [6, 6.07) is 9.55. The summed E-state index contributed by atoms with van der Waals surface area (Å²) in [6.45, 7) is 0. The largest absolute Gasteiger partial charge is 0.430 e. The first-order chi connectivity index (χ1) is 10.0. The maximum Gasteiger partial charge on any atom is 0.288 e. The molecule has 4 nitrogen and oxygen atoms in total. The number of rotatable bonds is 3. The lowest BCUT2D eigenvalue weighted by molar-refractivity contribution is 0.477. The van der Waals surface area contributed by atoms with E-state index in [1.165, 1.54) is 6.07 Å². The molecule has 2 aromatic carbocycles. The Bertz CT molecular complexity index is 850. The number of hydrogen-bond acceptors (Lipinski definition) is 4. The van der Waals surface area contributed by atoms with E-state index in [1.807, 2.05) is 0 Å². The van der Waals surface area contributed by atoms with Crippen LogP contribution in [0.3, 0.4) is 0 Å². The number of halogens is 2. The van der Waals surface area contributed by atoms with Gasteiger partial charge in [0.1, 0.15) is 22.1 Å². The molecule has 1 heterocycles. The lowest BCUT2D eigenvalue weighted by Crippen LogP contribution is -1.97. The third kappa shape index (κ3) is 2.98. The van der Waals surface area contributed by atoms with Gasteiger partial charge in [-0.05, 0) is 45.8 Å². The first-order valence-corrected chi connectivity index (χ1v) is 8.12. The highest BCUT2D eigenvalue weighted by atomic mass is 79.9. The number of nitrogens with two attached hydrogens (primary N) is 1. The van der Waals surface area contributed by atoms with Crippen molar-refractivity contribution in [2.75, 3.05) is 5.73 Å². The van der Waals surface area contributed by atoms with Gasteiger partial charge >= 0.3 is 0 Å². The van der Waals surface area contributed by atoms with Crippen LogP contribution in [0.4, 0.5) is 10.1 Å². The lowest BCUT2D eigenvalue weighted by Gasteiger charge is -2.00. The van der Waals surface area contributed by atoms with Crippen molar-refractivity contribution in [2.45, 2.75) is 11.0 Å². The van der Waals surface area contributed by atoms with E-state index in [-0.39, 0.29) is 16.8 Å². The predicted octanol–water partition coefficient (Wildman–Crippen LogP) is 3.62. The van der Waals surface area contributed by atoms with Crippen molar-refractivity contribution in [3.63, 3.8) is 0 Å². The Labute approximate surface area is 130 Å². The molecule has 0 spiro atoms. The van der Waals surface area contributed by atoms with Crippen molar-refractivity contribution in [1.29, 1.82) is 0 Å². The van der Waals surface area contributed by atoms with Gasteiger partial charge in [0.2, 0.25) is 0 Å². The van der Waals surface area contributed by atoms with Crippen LogP contribution in [0.5, 0.6) is 0 Å². The van der Waals surface area contributed by atoms with Crippen molar-refractivity contribution in [1.82, 2.24) is 4.98 Å². The molecule has 0 saturated carbocycles. The summed E-state index contributed by atoms with van der Waals surface area (Å²) in [5, 5.41) is 0.135. The van der Waals surface area contributed by atoms with Crippen LogP contribution in [0.25, 0.3) is 11.1 Å². The van der Waals surface area contributed by atoms with E-state index in [9.17, 15) is 8.60 Å². The topological polar surface area (TPSA) is 69.1 Å². The van der Waals surface area contributed by atoms with Crippen LogP contribution < -0.4 is 5.73 Å². The summed E-state index contributed by atoms with van der Waals surface area (Å²) in [5.41, 5.74) is 8.04. The van der Waals surface area contributed by atoms with Gasteiger partial charge in [0.05, 0.1) is 10.2 Å². The maximum absolute atomic E-state index is 13.2. The van der Waals surface area contributed by atoms with E-state index in [0.717, 1.165) is 5.56 Å². The Morgan fingerprint density at radius 3 is 2.86 bits per heavy atom. The van der Waals surface area contributed by atoms with E-state index in [1.54, 1.807) is 30.3 Å². The second-order valence-corrected chi connectivity index (χ2v) is 6.63. The fourth-order valence-corrected chi connectivity index (χ4v) is 3.27. The van der Waals surface area contributed by atoms with Gasteiger partial charge in [-0.15, -0.1) is 0 Å². The number of fused-ring (bicyclic) bond motifs is 1. The Morgan fingerprint density at radius 2 is 2.10 bits per heavy atom. The third-order valence-corrected chi connectivity index (χ3v) is 4.64. The molecule has 1 unspecified atom stereocenters. The zero-order chi connectivity index (χ0) is 15.0. The van der Waals surface area contributed by atoms with Crippen LogP contribution in [0.15, 0.2) is 50.5 Å². The molecule has 0 aliphatic carbocycles. The molecular formula is C14H10BrFN2O2S. The molecule has 1 aromatic heterocycles. The predicted molar refractivity (Wildman–Crippen MR) is 82.6 cm³/mol. The van der Waals surface area contributed by atoms with Crippen LogP contribution in [0, 0.1) is 5.82 Å². The fraction of sp³-hybridized carbons (Fsp3) is 0.0714. The van der Waals surface area contributed by atoms with Gasteiger partial charge in [-0.1, -0.05) is 6.07 Å². The molecule has 3 rings (SSSR count). The van der Waals surface area contributed by atoms with E-state index >= 15 is 0 Å². The average Bonchev–Trinajstić information content (AvgIpc) is 2.86. The molecule has 108 valence electrons. The summed E-state index contributed by atoms with van der Waals surface area (Å²) in [6.07, 6.45) is 0. The summed E-state index contributed by atoms with van der Waals surface area (Å²) >= 11 is 3.10. The van der Waals surface area contributed by atoms with Gasteiger partial charge < -0.3 is 10.2 Å². The van der Waals surface area contributed by atoms with Gasteiger partial charge in [0.25, 0.3) is 5.22 Å². The van der Waals surface area contributed by atoms with E-state index in [4.69, 9.17) is 10.2 Å². The summed E-state index contributed by atoms with van der Waals surface area (Å²) in [5.74, 6) is -0.164. The summed E-state index contributed by atoms with van der Waals surface area (Å²) in [7, 11) is -1.45. The Morgan fingerprint density at radius 1 is 1.29 bits per heavy atom. The molecule has 21 heavy (non-hydrogen) atoms. The van der Waals surface area contributed by atoms with Gasteiger partial charge in [-0.2, -0.15) is 0 Å². The molecule has 3 aromatic rings. The van der Waals surface area contributed by atoms with Crippen molar-refractivity contribution in [3.8, 4) is 0 Å².